The maximum atomic E-state index is 12.3. The number of hydrogen-bond acceptors (Lipinski definition) is 6. The van der Waals surface area contributed by atoms with Crippen LogP contribution in [0.25, 0.3) is 0 Å². The molecule has 1 heterocycles. The lowest BCUT2D eigenvalue weighted by atomic mass is 9.91. The number of aliphatic hydroxyl groups excluding tert-OH is 1. The molecule has 0 amide bonds. The molecule has 28 heavy (non-hydrogen) atoms. The Morgan fingerprint density at radius 3 is 2.96 bits per heavy atom. The highest BCUT2D eigenvalue weighted by molar-refractivity contribution is 8.01. The predicted molar refractivity (Wildman–Crippen MR) is 114 cm³/mol. The molecule has 2 rings (SSSR count). The second kappa shape index (κ2) is 11.7. The Morgan fingerprint density at radius 2 is 2.29 bits per heavy atom. The van der Waals surface area contributed by atoms with Crippen molar-refractivity contribution in [1.82, 2.24) is 4.98 Å². The van der Waals surface area contributed by atoms with Gasteiger partial charge in [0.1, 0.15) is 5.78 Å². The first-order valence-electron chi connectivity index (χ1n) is 10.1. The minimum absolute atomic E-state index is 0.00706. The molecule has 2 N–H and O–H groups in total. The number of thiazole rings is 1. The zero-order valence-electron chi connectivity index (χ0n) is 16.7. The van der Waals surface area contributed by atoms with E-state index in [0.29, 0.717) is 18.1 Å². The molecule has 7 heteroatoms. The molecule has 0 saturated heterocycles. The van der Waals surface area contributed by atoms with Crippen LogP contribution in [0.2, 0.25) is 0 Å². The highest BCUT2D eigenvalue weighted by Gasteiger charge is 2.32. The summed E-state index contributed by atoms with van der Waals surface area (Å²) in [7, 11) is 0. The third-order valence-electron chi connectivity index (χ3n) is 5.29. The van der Waals surface area contributed by atoms with Crippen LogP contribution in [0.15, 0.2) is 21.9 Å². The van der Waals surface area contributed by atoms with Gasteiger partial charge in [-0.25, -0.2) is 9.78 Å². The number of Topliss-reactive ketones (excluding diaryl/α,β-unsaturated/α-hetero) is 1. The normalized spacial score (nSPS) is 22.0. The van der Waals surface area contributed by atoms with Crippen molar-refractivity contribution in [3.05, 3.63) is 23.2 Å². The standard InChI is InChI=1S/C21H31NO4S2/c1-3-4-5-14(2)12-16(23)8-6-15-7-9-19(24)17(15)10-11-27-21-22-18(13-28-21)20(25)26/h6,8,13-17,23H,3-5,7,9-12H2,1-2H3,(H,25,26)/b8-6+/t14-,15+,16+,17+/m0/s1. The van der Waals surface area contributed by atoms with E-state index >= 15 is 0 Å². The Labute approximate surface area is 175 Å². The van der Waals surface area contributed by atoms with E-state index < -0.39 is 12.1 Å². The number of aliphatic hydroxyl groups is 1. The molecule has 4 atom stereocenters. The molecule has 0 unspecified atom stereocenters. The van der Waals surface area contributed by atoms with Crippen molar-refractivity contribution in [2.45, 2.75) is 69.2 Å². The summed E-state index contributed by atoms with van der Waals surface area (Å²) < 4.78 is 0.728. The molecule has 1 aliphatic rings. The van der Waals surface area contributed by atoms with Gasteiger partial charge in [0.2, 0.25) is 0 Å². The predicted octanol–water partition coefficient (Wildman–Crippen LogP) is 5.05. The minimum atomic E-state index is -1.01. The van der Waals surface area contributed by atoms with E-state index in [1.54, 1.807) is 5.38 Å². The number of aromatic nitrogens is 1. The molecule has 156 valence electrons. The average molecular weight is 426 g/mol. The van der Waals surface area contributed by atoms with Gasteiger partial charge < -0.3 is 10.2 Å². The van der Waals surface area contributed by atoms with Crippen LogP contribution in [-0.2, 0) is 4.79 Å². The number of carbonyl (C=O) groups is 2. The number of unbranched alkanes of at least 4 members (excludes halogenated alkanes) is 1. The maximum absolute atomic E-state index is 12.3. The number of thioether (sulfide) groups is 1. The smallest absolute Gasteiger partial charge is 0.355 e. The summed E-state index contributed by atoms with van der Waals surface area (Å²) in [5, 5.41) is 20.7. The first-order valence-corrected chi connectivity index (χ1v) is 12.0. The van der Waals surface area contributed by atoms with Gasteiger partial charge in [0.15, 0.2) is 10.0 Å². The number of carboxylic acids is 1. The molecular formula is C21H31NO4S2. The van der Waals surface area contributed by atoms with Crippen molar-refractivity contribution < 1.29 is 19.8 Å². The van der Waals surface area contributed by atoms with Crippen LogP contribution in [0.3, 0.4) is 0 Å². The van der Waals surface area contributed by atoms with Crippen molar-refractivity contribution in [1.29, 1.82) is 0 Å². The Bertz CT molecular complexity index is 673. The van der Waals surface area contributed by atoms with Crippen molar-refractivity contribution in [2.24, 2.45) is 17.8 Å². The number of ketones is 1. The Kier molecular flexibility index (Phi) is 9.68. The largest absolute Gasteiger partial charge is 0.476 e. The fraction of sp³-hybridized carbons (Fsp3) is 0.667. The number of hydrogen-bond donors (Lipinski definition) is 2. The van der Waals surface area contributed by atoms with Crippen molar-refractivity contribution in [3.63, 3.8) is 0 Å². The van der Waals surface area contributed by atoms with Gasteiger partial charge in [-0.2, -0.15) is 0 Å². The molecule has 0 radical (unpaired) electrons. The second-order valence-electron chi connectivity index (χ2n) is 7.65. The van der Waals surface area contributed by atoms with E-state index in [9.17, 15) is 14.7 Å². The van der Waals surface area contributed by atoms with Gasteiger partial charge >= 0.3 is 5.97 Å². The van der Waals surface area contributed by atoms with Crippen LogP contribution in [0.4, 0.5) is 0 Å². The number of nitrogens with zero attached hydrogens (tertiary/aromatic N) is 1. The molecule has 0 bridgehead atoms. The minimum Gasteiger partial charge on any atom is -0.476 e. The Balaban J connectivity index is 1.80. The molecule has 0 aliphatic heterocycles. The molecule has 0 aromatic carbocycles. The van der Waals surface area contributed by atoms with Gasteiger partial charge in [0.25, 0.3) is 0 Å². The molecular weight excluding hydrogens is 394 g/mol. The van der Waals surface area contributed by atoms with E-state index in [-0.39, 0.29) is 17.5 Å². The molecule has 0 spiro atoms. The quantitative estimate of drug-likeness (QED) is 0.360. The molecule has 5 nitrogen and oxygen atoms in total. The van der Waals surface area contributed by atoms with Crippen molar-refractivity contribution in [3.8, 4) is 0 Å². The van der Waals surface area contributed by atoms with E-state index in [4.69, 9.17) is 5.11 Å². The van der Waals surface area contributed by atoms with Crippen LogP contribution in [0, 0.1) is 17.8 Å². The fourth-order valence-electron chi connectivity index (χ4n) is 3.67. The summed E-state index contributed by atoms with van der Waals surface area (Å²) >= 11 is 2.83. The van der Waals surface area contributed by atoms with Gasteiger partial charge in [-0.05, 0) is 31.1 Å². The van der Waals surface area contributed by atoms with E-state index in [0.717, 1.165) is 35.8 Å². The number of aromatic carboxylic acids is 1. The lowest BCUT2D eigenvalue weighted by molar-refractivity contribution is -0.121. The summed E-state index contributed by atoms with van der Waals surface area (Å²) in [6.07, 6.45) is 9.98. The van der Waals surface area contributed by atoms with E-state index in [1.165, 1.54) is 35.9 Å². The highest BCUT2D eigenvalue weighted by atomic mass is 32.2. The SMILES string of the molecule is CCCC[C@H](C)C[C@H](O)/C=C/[C@@H]1CCC(=O)[C@@H]1CCSc1nc(C(=O)O)cs1. The van der Waals surface area contributed by atoms with Gasteiger partial charge in [-0.15, -0.1) is 11.3 Å². The van der Waals surface area contributed by atoms with Gasteiger partial charge in [-0.1, -0.05) is 57.0 Å². The average Bonchev–Trinajstić information content (AvgIpc) is 3.26. The van der Waals surface area contributed by atoms with E-state index in [1.807, 2.05) is 12.2 Å². The number of carboxylic acid groups (broad SMARTS) is 1. The topological polar surface area (TPSA) is 87.5 Å². The van der Waals surface area contributed by atoms with Crippen LogP contribution in [0.5, 0.6) is 0 Å². The van der Waals surface area contributed by atoms with Crippen LogP contribution in [-0.4, -0.2) is 38.8 Å². The summed E-state index contributed by atoms with van der Waals surface area (Å²) in [5.41, 5.74) is 0.0763. The lowest BCUT2D eigenvalue weighted by Gasteiger charge is -2.16. The summed E-state index contributed by atoms with van der Waals surface area (Å²) in [5.74, 6) is 0.718. The number of carbonyl (C=O) groups excluding carboxylic acids is 1. The number of rotatable bonds is 12. The molecule has 1 fully saturated rings. The molecule has 1 aromatic rings. The molecule has 1 saturated carbocycles. The van der Waals surface area contributed by atoms with Gasteiger partial charge in [0, 0.05) is 23.5 Å². The zero-order valence-corrected chi connectivity index (χ0v) is 18.3. The summed E-state index contributed by atoms with van der Waals surface area (Å²) in [6, 6.07) is 0. The van der Waals surface area contributed by atoms with Crippen LogP contribution in [0.1, 0.15) is 69.3 Å². The summed E-state index contributed by atoms with van der Waals surface area (Å²) in [6.45, 7) is 4.36. The highest BCUT2D eigenvalue weighted by Crippen LogP contribution is 2.35. The van der Waals surface area contributed by atoms with Crippen LogP contribution < -0.4 is 0 Å². The Hall–Kier alpha value is -1.18. The number of allylic oxidation sites excluding steroid dienone is 1. The second-order valence-corrected chi connectivity index (χ2v) is 9.85. The third kappa shape index (κ3) is 7.33. The van der Waals surface area contributed by atoms with Crippen LogP contribution >= 0.6 is 23.1 Å². The molecule has 1 aromatic heterocycles. The van der Waals surface area contributed by atoms with Gasteiger partial charge in [-0.3, -0.25) is 4.79 Å². The zero-order chi connectivity index (χ0) is 20.5. The third-order valence-corrected chi connectivity index (χ3v) is 7.34. The summed E-state index contributed by atoms with van der Waals surface area (Å²) in [4.78, 5) is 27.2. The maximum Gasteiger partial charge on any atom is 0.355 e. The first-order chi connectivity index (χ1) is 13.4. The fourth-order valence-corrected chi connectivity index (χ4v) is 5.56. The molecule has 1 aliphatic carbocycles. The monoisotopic (exact) mass is 425 g/mol. The van der Waals surface area contributed by atoms with Crippen molar-refractivity contribution in [2.75, 3.05) is 5.75 Å². The Morgan fingerprint density at radius 1 is 1.50 bits per heavy atom. The van der Waals surface area contributed by atoms with E-state index in [2.05, 4.69) is 18.8 Å². The lowest BCUT2D eigenvalue weighted by Crippen LogP contribution is -2.15. The van der Waals surface area contributed by atoms with Gasteiger partial charge in [0.05, 0.1) is 6.10 Å². The first kappa shape index (κ1) is 23.1. The van der Waals surface area contributed by atoms with Crippen molar-refractivity contribution >= 4 is 34.9 Å².